The normalized spacial score (nSPS) is 11.8. The Balaban J connectivity index is 2.24. The molecule has 2 rings (SSSR count). The number of anilines is 1. The number of sulfonamides is 1. The van der Waals surface area contributed by atoms with E-state index in [1.165, 1.54) is 12.1 Å². The van der Waals surface area contributed by atoms with Gasteiger partial charge in [0.05, 0.1) is 27.8 Å². The van der Waals surface area contributed by atoms with Gasteiger partial charge in [-0.3, -0.25) is 0 Å². The number of aryl methyl sites for hydroxylation is 2. The maximum Gasteiger partial charge on any atom is 0.241 e. The van der Waals surface area contributed by atoms with Crippen LogP contribution in [-0.2, 0) is 16.6 Å². The summed E-state index contributed by atoms with van der Waals surface area (Å²) in [6, 6.07) is 4.52. The summed E-state index contributed by atoms with van der Waals surface area (Å²) in [4.78, 5) is 0.0969. The van der Waals surface area contributed by atoms with Gasteiger partial charge in [-0.1, -0.05) is 16.8 Å². The van der Waals surface area contributed by atoms with Gasteiger partial charge in [-0.05, 0) is 31.5 Å². The van der Waals surface area contributed by atoms with Crippen LogP contribution >= 0.6 is 11.6 Å². The molecule has 0 aliphatic rings. The van der Waals surface area contributed by atoms with Crippen LogP contribution in [0.2, 0.25) is 5.02 Å². The first kappa shape index (κ1) is 14.8. The number of nitrogens with zero attached hydrogens (tertiary/aromatic N) is 1. The third-order valence-electron chi connectivity index (χ3n) is 2.70. The Bertz CT molecular complexity index is 740. The number of rotatable bonds is 4. The van der Waals surface area contributed by atoms with E-state index < -0.39 is 10.0 Å². The Kier molecular flexibility index (Phi) is 4.03. The maximum atomic E-state index is 12.2. The molecule has 108 valence electrons. The molecule has 0 spiro atoms. The predicted molar refractivity (Wildman–Crippen MR) is 75.9 cm³/mol. The van der Waals surface area contributed by atoms with E-state index in [9.17, 15) is 8.42 Å². The minimum absolute atomic E-state index is 0.0433. The highest BCUT2D eigenvalue weighted by Gasteiger charge is 2.18. The molecule has 3 N–H and O–H groups in total. The fourth-order valence-corrected chi connectivity index (χ4v) is 3.18. The number of benzene rings is 1. The van der Waals surface area contributed by atoms with Crippen molar-refractivity contribution in [3.05, 3.63) is 40.2 Å². The molecule has 0 bridgehead atoms. The number of nitrogens with two attached hydrogens (primary N) is 1. The van der Waals surface area contributed by atoms with E-state index >= 15 is 0 Å². The molecule has 1 aromatic carbocycles. The second-order valence-corrected chi connectivity index (χ2v) is 6.54. The predicted octanol–water partition coefficient (Wildman–Crippen LogP) is 2.01. The molecule has 0 radical (unpaired) electrons. The Hall–Kier alpha value is -1.57. The van der Waals surface area contributed by atoms with Crippen LogP contribution in [0.25, 0.3) is 0 Å². The zero-order valence-corrected chi connectivity index (χ0v) is 12.5. The van der Waals surface area contributed by atoms with Crippen LogP contribution in [0.4, 0.5) is 5.69 Å². The van der Waals surface area contributed by atoms with Crippen molar-refractivity contribution in [1.29, 1.82) is 0 Å². The molecule has 0 saturated heterocycles. The molecule has 0 aliphatic heterocycles. The summed E-state index contributed by atoms with van der Waals surface area (Å²) in [6.07, 6.45) is 0. The fourth-order valence-electron chi connectivity index (χ4n) is 1.71. The molecule has 1 heterocycles. The Morgan fingerprint density at radius 1 is 1.35 bits per heavy atom. The summed E-state index contributed by atoms with van der Waals surface area (Å²) >= 11 is 5.85. The molecule has 2 aromatic rings. The smallest absolute Gasteiger partial charge is 0.241 e. The lowest BCUT2D eigenvalue weighted by Gasteiger charge is -2.10. The maximum absolute atomic E-state index is 12.2. The molecule has 0 aliphatic carbocycles. The molecular weight excluding hydrogens is 302 g/mol. The van der Waals surface area contributed by atoms with Crippen molar-refractivity contribution in [2.24, 2.45) is 0 Å². The van der Waals surface area contributed by atoms with Gasteiger partial charge in [0.2, 0.25) is 10.0 Å². The van der Waals surface area contributed by atoms with E-state index in [4.69, 9.17) is 21.9 Å². The van der Waals surface area contributed by atoms with E-state index in [0.29, 0.717) is 22.0 Å². The van der Waals surface area contributed by atoms with Crippen molar-refractivity contribution < 1.29 is 12.9 Å². The third kappa shape index (κ3) is 3.12. The van der Waals surface area contributed by atoms with Crippen LogP contribution in [0.5, 0.6) is 0 Å². The molecule has 0 fully saturated rings. The first-order valence-corrected chi connectivity index (χ1v) is 7.63. The monoisotopic (exact) mass is 315 g/mol. The molecule has 0 unspecified atom stereocenters. The van der Waals surface area contributed by atoms with Crippen molar-refractivity contribution in [3.8, 4) is 0 Å². The van der Waals surface area contributed by atoms with Gasteiger partial charge in [0.1, 0.15) is 5.76 Å². The van der Waals surface area contributed by atoms with Crippen LogP contribution in [-0.4, -0.2) is 13.6 Å². The van der Waals surface area contributed by atoms with Crippen LogP contribution in [0.15, 0.2) is 27.6 Å². The average Bonchev–Trinajstić information content (AvgIpc) is 2.77. The van der Waals surface area contributed by atoms with E-state index in [1.807, 2.05) is 0 Å². The minimum Gasteiger partial charge on any atom is -0.397 e. The van der Waals surface area contributed by atoms with E-state index in [0.717, 1.165) is 0 Å². The van der Waals surface area contributed by atoms with E-state index in [1.54, 1.807) is 19.9 Å². The summed E-state index contributed by atoms with van der Waals surface area (Å²) in [5, 5.41) is 4.05. The quantitative estimate of drug-likeness (QED) is 0.841. The van der Waals surface area contributed by atoms with Crippen LogP contribution in [0, 0.1) is 13.8 Å². The zero-order valence-electron chi connectivity index (χ0n) is 11.0. The SMILES string of the molecule is Cc1cc(CNS(=O)(=O)c2cc(N)c(Cl)cc2C)no1. The summed E-state index contributed by atoms with van der Waals surface area (Å²) < 4.78 is 31.8. The van der Waals surface area contributed by atoms with Gasteiger partial charge in [0.15, 0.2) is 0 Å². The number of hydrogen-bond acceptors (Lipinski definition) is 5. The molecule has 6 nitrogen and oxygen atoms in total. The summed E-state index contributed by atoms with van der Waals surface area (Å²) in [5.41, 5.74) is 6.89. The fraction of sp³-hybridized carbons (Fsp3) is 0.250. The Labute approximate surface area is 122 Å². The number of nitrogen functional groups attached to an aromatic ring is 1. The second-order valence-electron chi connectivity index (χ2n) is 4.39. The Morgan fingerprint density at radius 3 is 2.65 bits per heavy atom. The van der Waals surface area contributed by atoms with Gasteiger partial charge in [-0.25, -0.2) is 13.1 Å². The van der Waals surface area contributed by atoms with Crippen molar-refractivity contribution in [1.82, 2.24) is 9.88 Å². The third-order valence-corrected chi connectivity index (χ3v) is 4.57. The number of nitrogens with one attached hydrogen (secondary N) is 1. The number of hydrogen-bond donors (Lipinski definition) is 2. The lowest BCUT2D eigenvalue weighted by Crippen LogP contribution is -2.24. The molecule has 0 atom stereocenters. The molecular formula is C12H14ClN3O3S. The summed E-state index contributed by atoms with van der Waals surface area (Å²) in [6.45, 7) is 3.43. The first-order valence-electron chi connectivity index (χ1n) is 5.77. The number of halogens is 1. The van der Waals surface area contributed by atoms with Crippen LogP contribution in [0.1, 0.15) is 17.0 Å². The lowest BCUT2D eigenvalue weighted by atomic mass is 10.2. The minimum atomic E-state index is -3.69. The molecule has 0 saturated carbocycles. The average molecular weight is 316 g/mol. The topological polar surface area (TPSA) is 98.2 Å². The standard InChI is InChI=1S/C12H14ClN3O3S/c1-7-3-10(13)11(14)5-12(7)20(17,18)15-6-9-4-8(2)19-16-9/h3-5,15H,6,14H2,1-2H3. The first-order chi connectivity index (χ1) is 9.29. The van der Waals surface area contributed by atoms with Gasteiger partial charge in [-0.15, -0.1) is 0 Å². The van der Waals surface area contributed by atoms with Crippen molar-refractivity contribution >= 4 is 27.3 Å². The highest BCUT2D eigenvalue weighted by atomic mass is 35.5. The van der Waals surface area contributed by atoms with Crippen molar-refractivity contribution in [2.45, 2.75) is 25.3 Å². The number of aromatic nitrogens is 1. The van der Waals surface area contributed by atoms with Gasteiger partial charge < -0.3 is 10.3 Å². The molecule has 1 aromatic heterocycles. The summed E-state index contributed by atoms with van der Waals surface area (Å²) in [5.74, 6) is 0.617. The molecule has 8 heteroatoms. The molecule has 20 heavy (non-hydrogen) atoms. The zero-order chi connectivity index (χ0) is 14.9. The van der Waals surface area contributed by atoms with Gasteiger partial charge in [0.25, 0.3) is 0 Å². The van der Waals surface area contributed by atoms with Crippen LogP contribution in [0.3, 0.4) is 0 Å². The molecule has 0 amide bonds. The highest BCUT2D eigenvalue weighted by molar-refractivity contribution is 7.89. The van der Waals surface area contributed by atoms with Crippen molar-refractivity contribution in [2.75, 3.05) is 5.73 Å². The van der Waals surface area contributed by atoms with Crippen molar-refractivity contribution in [3.63, 3.8) is 0 Å². The largest absolute Gasteiger partial charge is 0.397 e. The van der Waals surface area contributed by atoms with E-state index in [-0.39, 0.29) is 17.1 Å². The van der Waals surface area contributed by atoms with Gasteiger partial charge in [0, 0.05) is 6.07 Å². The Morgan fingerprint density at radius 2 is 2.05 bits per heavy atom. The van der Waals surface area contributed by atoms with E-state index in [2.05, 4.69) is 9.88 Å². The lowest BCUT2D eigenvalue weighted by molar-refractivity contribution is 0.390. The van der Waals surface area contributed by atoms with Crippen LogP contribution < -0.4 is 10.5 Å². The van der Waals surface area contributed by atoms with Gasteiger partial charge >= 0.3 is 0 Å². The second kappa shape index (κ2) is 5.43. The van der Waals surface area contributed by atoms with Gasteiger partial charge in [-0.2, -0.15) is 0 Å². The highest BCUT2D eigenvalue weighted by Crippen LogP contribution is 2.26. The summed E-state index contributed by atoms with van der Waals surface area (Å²) in [7, 11) is -3.69.